The van der Waals surface area contributed by atoms with E-state index in [9.17, 15) is 27.2 Å². The van der Waals surface area contributed by atoms with Crippen LogP contribution in [0.25, 0.3) is 0 Å². The maximum absolute atomic E-state index is 13.6. The smallest absolute Gasteiger partial charge is 0.324 e. The summed E-state index contributed by atoms with van der Waals surface area (Å²) in [7, 11) is 0. The number of benzene rings is 1. The molecule has 0 spiro atoms. The number of aromatic nitrogens is 2. The molecule has 6 nitrogen and oxygen atoms in total. The fourth-order valence-electron chi connectivity index (χ4n) is 3.59. The first-order valence-corrected chi connectivity index (χ1v) is 9.19. The molecule has 0 bridgehead atoms. The topological polar surface area (TPSA) is 69.3 Å². The molecule has 1 aliphatic rings. The van der Waals surface area contributed by atoms with Crippen LogP contribution in [-0.4, -0.2) is 22.5 Å². The van der Waals surface area contributed by atoms with E-state index in [1.807, 2.05) is 0 Å². The number of nitrogens with one attached hydrogen (secondary N) is 1. The van der Waals surface area contributed by atoms with E-state index in [-0.39, 0.29) is 23.5 Å². The first-order chi connectivity index (χ1) is 14.6. The largest absolute Gasteiger partial charge is 0.433 e. The first kappa shape index (κ1) is 20.6. The van der Waals surface area contributed by atoms with E-state index in [2.05, 4.69) is 9.97 Å². The number of fused-ring (bicyclic) bond motifs is 1. The van der Waals surface area contributed by atoms with Gasteiger partial charge >= 0.3 is 6.18 Å². The van der Waals surface area contributed by atoms with Crippen LogP contribution in [-0.2, 0) is 6.18 Å². The maximum atomic E-state index is 13.6. The van der Waals surface area contributed by atoms with E-state index in [0.29, 0.717) is 28.7 Å². The van der Waals surface area contributed by atoms with Crippen LogP contribution in [0, 0.1) is 19.7 Å². The molecular weight excluding hydrogens is 416 g/mol. The molecule has 1 amide bonds. The van der Waals surface area contributed by atoms with Crippen molar-refractivity contribution in [2.75, 3.05) is 16.5 Å². The number of alkyl halides is 3. The average molecular weight is 432 g/mol. The molecule has 0 aliphatic carbocycles. The summed E-state index contributed by atoms with van der Waals surface area (Å²) in [4.78, 5) is 33.7. The highest BCUT2D eigenvalue weighted by Crippen LogP contribution is 2.39. The predicted octanol–water partition coefficient (Wildman–Crippen LogP) is 4.30. The number of pyridine rings is 2. The monoisotopic (exact) mass is 432 g/mol. The molecule has 1 aliphatic heterocycles. The highest BCUT2D eigenvalue weighted by Gasteiger charge is 2.38. The molecule has 0 saturated heterocycles. The quantitative estimate of drug-likeness (QED) is 0.613. The highest BCUT2D eigenvalue weighted by atomic mass is 19.4. The maximum Gasteiger partial charge on any atom is 0.433 e. The molecule has 2 aromatic heterocycles. The summed E-state index contributed by atoms with van der Waals surface area (Å²) in [5.41, 5.74) is 0.142. The van der Waals surface area contributed by atoms with Crippen molar-refractivity contribution >= 4 is 23.0 Å². The number of hydrogen-bond donors (Lipinski definition) is 1. The molecule has 0 radical (unpaired) electrons. The van der Waals surface area contributed by atoms with Gasteiger partial charge in [0.25, 0.3) is 5.91 Å². The summed E-state index contributed by atoms with van der Waals surface area (Å²) in [5.74, 6) is -1.14. The molecule has 31 heavy (non-hydrogen) atoms. The third-order valence-corrected chi connectivity index (χ3v) is 5.05. The molecule has 4 rings (SSSR count). The van der Waals surface area contributed by atoms with Gasteiger partial charge in [-0.3, -0.25) is 14.5 Å². The number of aromatic amines is 1. The molecular formula is C21H16F4N4O2. The Labute approximate surface area is 173 Å². The van der Waals surface area contributed by atoms with Crippen LogP contribution in [0.5, 0.6) is 0 Å². The fourth-order valence-corrected chi connectivity index (χ4v) is 3.59. The minimum atomic E-state index is -4.73. The summed E-state index contributed by atoms with van der Waals surface area (Å²) < 4.78 is 53.4. The zero-order valence-corrected chi connectivity index (χ0v) is 16.4. The van der Waals surface area contributed by atoms with Gasteiger partial charge in [0.15, 0.2) is 0 Å². The van der Waals surface area contributed by atoms with Crippen LogP contribution >= 0.6 is 0 Å². The Balaban J connectivity index is 1.93. The number of H-pyrrole nitrogens is 1. The Morgan fingerprint density at radius 1 is 0.968 bits per heavy atom. The Morgan fingerprint density at radius 3 is 2.32 bits per heavy atom. The number of rotatable bonds is 2. The standard InChI is InChI=1S/C21H16F4N4O2/c1-11-7-13(22)3-4-15(11)28-10-29(16-5-6-19(30)27-12(16)2)20(31)14-8-18(21(23,24)25)26-9-17(14)28/h3-9H,10H2,1-2H3,(H,27,30). The number of amides is 1. The summed E-state index contributed by atoms with van der Waals surface area (Å²) in [5, 5.41) is 0. The van der Waals surface area contributed by atoms with Crippen molar-refractivity contribution in [2.45, 2.75) is 20.0 Å². The molecule has 3 heterocycles. The van der Waals surface area contributed by atoms with E-state index in [1.54, 1.807) is 18.7 Å². The highest BCUT2D eigenvalue weighted by molar-refractivity contribution is 6.12. The Morgan fingerprint density at radius 2 is 1.68 bits per heavy atom. The summed E-state index contributed by atoms with van der Waals surface area (Å²) >= 11 is 0. The van der Waals surface area contributed by atoms with E-state index >= 15 is 0 Å². The van der Waals surface area contributed by atoms with Crippen LogP contribution in [0.2, 0.25) is 0 Å². The van der Waals surface area contributed by atoms with Crippen molar-refractivity contribution in [1.82, 2.24) is 9.97 Å². The average Bonchev–Trinajstić information content (AvgIpc) is 2.68. The van der Waals surface area contributed by atoms with Crippen LogP contribution < -0.4 is 15.4 Å². The number of aryl methyl sites for hydroxylation is 2. The number of anilines is 3. The third kappa shape index (κ3) is 3.65. The SMILES string of the molecule is Cc1cc(F)ccc1N1CN(c2ccc(=O)[nH]c2C)C(=O)c2cc(C(F)(F)F)ncc21. The number of nitrogens with zero attached hydrogens (tertiary/aromatic N) is 3. The molecule has 10 heteroatoms. The van der Waals surface area contributed by atoms with Gasteiger partial charge in [-0.2, -0.15) is 13.2 Å². The molecule has 0 saturated carbocycles. The summed E-state index contributed by atoms with van der Waals surface area (Å²) in [6, 6.07) is 7.37. The van der Waals surface area contributed by atoms with Crippen LogP contribution in [0.1, 0.15) is 27.3 Å². The van der Waals surface area contributed by atoms with E-state index in [0.717, 1.165) is 6.20 Å². The second kappa shape index (κ2) is 7.22. The van der Waals surface area contributed by atoms with Crippen molar-refractivity contribution in [3.05, 3.63) is 81.3 Å². The van der Waals surface area contributed by atoms with Crippen molar-refractivity contribution in [2.24, 2.45) is 0 Å². The van der Waals surface area contributed by atoms with Gasteiger partial charge in [0.2, 0.25) is 5.56 Å². The van der Waals surface area contributed by atoms with Crippen LogP contribution in [0.3, 0.4) is 0 Å². The normalized spacial score (nSPS) is 14.1. The molecule has 0 unspecified atom stereocenters. The zero-order valence-electron chi connectivity index (χ0n) is 16.4. The first-order valence-electron chi connectivity index (χ1n) is 9.19. The van der Waals surface area contributed by atoms with Crippen LogP contribution in [0.4, 0.5) is 34.6 Å². The third-order valence-electron chi connectivity index (χ3n) is 5.05. The molecule has 1 aromatic carbocycles. The Kier molecular flexibility index (Phi) is 4.79. The second-order valence-corrected chi connectivity index (χ2v) is 7.15. The Bertz CT molecular complexity index is 1250. The number of carbonyl (C=O) groups is 1. The lowest BCUT2D eigenvalue weighted by molar-refractivity contribution is -0.141. The van der Waals surface area contributed by atoms with Gasteiger partial charge in [-0.1, -0.05) is 0 Å². The molecule has 1 N–H and O–H groups in total. The lowest BCUT2D eigenvalue weighted by Gasteiger charge is -2.39. The van der Waals surface area contributed by atoms with Gasteiger partial charge in [-0.05, 0) is 49.7 Å². The van der Waals surface area contributed by atoms with Gasteiger partial charge in [0.05, 0.1) is 23.1 Å². The van der Waals surface area contributed by atoms with Gasteiger partial charge in [0, 0.05) is 17.4 Å². The van der Waals surface area contributed by atoms with Gasteiger partial charge in [-0.15, -0.1) is 0 Å². The van der Waals surface area contributed by atoms with E-state index in [4.69, 9.17) is 0 Å². The van der Waals surface area contributed by atoms with E-state index < -0.39 is 23.6 Å². The van der Waals surface area contributed by atoms with Crippen LogP contribution in [0.15, 0.2) is 47.4 Å². The van der Waals surface area contributed by atoms with Crippen molar-refractivity contribution in [3.8, 4) is 0 Å². The zero-order chi connectivity index (χ0) is 22.5. The lowest BCUT2D eigenvalue weighted by atomic mass is 10.1. The predicted molar refractivity (Wildman–Crippen MR) is 106 cm³/mol. The number of halogens is 4. The summed E-state index contributed by atoms with van der Waals surface area (Å²) in [6.07, 6.45) is -3.74. The molecule has 0 atom stereocenters. The minimum absolute atomic E-state index is 0.0712. The number of hydrogen-bond acceptors (Lipinski definition) is 4. The van der Waals surface area contributed by atoms with Gasteiger partial charge in [0.1, 0.15) is 18.2 Å². The molecule has 160 valence electrons. The second-order valence-electron chi connectivity index (χ2n) is 7.15. The minimum Gasteiger partial charge on any atom is -0.324 e. The number of carbonyl (C=O) groups excluding carboxylic acids is 1. The van der Waals surface area contributed by atoms with E-state index in [1.165, 1.54) is 35.2 Å². The lowest BCUT2D eigenvalue weighted by Crippen LogP contribution is -2.46. The Hall–Kier alpha value is -3.69. The van der Waals surface area contributed by atoms with Crippen molar-refractivity contribution in [1.29, 1.82) is 0 Å². The summed E-state index contributed by atoms with van der Waals surface area (Å²) in [6.45, 7) is 3.17. The molecule has 0 fully saturated rings. The molecule has 3 aromatic rings. The van der Waals surface area contributed by atoms with Crippen molar-refractivity contribution in [3.63, 3.8) is 0 Å². The fraction of sp³-hybridized carbons (Fsp3) is 0.190. The van der Waals surface area contributed by atoms with Crippen molar-refractivity contribution < 1.29 is 22.4 Å². The van der Waals surface area contributed by atoms with Gasteiger partial charge in [-0.25, -0.2) is 9.37 Å². The van der Waals surface area contributed by atoms with Gasteiger partial charge < -0.3 is 9.88 Å².